The largest absolute Gasteiger partial charge is 0.395 e. The summed E-state index contributed by atoms with van der Waals surface area (Å²) in [5, 5.41) is 34.0. The molecule has 8 nitrogen and oxygen atoms in total. The molecule has 5 N–H and O–H groups in total. The number of halogens is 1. The first-order chi connectivity index (χ1) is 19.5. The number of aliphatic hydroxyl groups excluding tert-OH is 1. The van der Waals surface area contributed by atoms with Gasteiger partial charge in [0.2, 0.25) is 5.95 Å². The van der Waals surface area contributed by atoms with Gasteiger partial charge in [0.25, 0.3) is 0 Å². The van der Waals surface area contributed by atoms with Gasteiger partial charge in [0, 0.05) is 42.8 Å². The molecule has 4 bridgehead atoms. The van der Waals surface area contributed by atoms with Crippen LogP contribution in [0.4, 0.5) is 11.8 Å². The summed E-state index contributed by atoms with van der Waals surface area (Å²) < 4.78 is 0. The highest BCUT2D eigenvalue weighted by Crippen LogP contribution is 2.60. The number of rotatable bonds is 11. The fourth-order valence-corrected chi connectivity index (χ4v) is 8.66. The van der Waals surface area contributed by atoms with Crippen LogP contribution in [0.2, 0.25) is 5.02 Å². The molecule has 5 aliphatic rings. The lowest BCUT2D eigenvalue weighted by atomic mass is 9.47. The molecule has 7 rings (SSSR count). The van der Waals surface area contributed by atoms with Crippen LogP contribution in [0.3, 0.4) is 0 Å². The minimum absolute atomic E-state index is 0.220. The number of hydrogen-bond acceptors (Lipinski definition) is 8. The third kappa shape index (κ3) is 6.08. The van der Waals surface area contributed by atoms with E-state index in [0.717, 1.165) is 29.9 Å². The highest BCUT2D eigenvalue weighted by atomic mass is 35.5. The average molecular weight is 564 g/mol. The summed E-state index contributed by atoms with van der Waals surface area (Å²) in [7, 11) is 0. The van der Waals surface area contributed by atoms with Crippen molar-refractivity contribution in [3.05, 3.63) is 46.6 Å². The molecule has 4 unspecified atom stereocenters. The Morgan fingerprint density at radius 2 is 1.77 bits per heavy atom. The fourth-order valence-electron chi connectivity index (χ4n) is 8.46. The third-order valence-corrected chi connectivity index (χ3v) is 10.4. The number of anilines is 2. The molecule has 5 atom stereocenters. The van der Waals surface area contributed by atoms with Crippen molar-refractivity contribution in [3.8, 4) is 6.07 Å². The molecule has 2 aromatic rings. The standard InChI is InChI=1S/C31H42ClN7O/c32-27-4-2-1-3-21(27)17-35-30-36-18-24(16-33)29(39-30)37-19-31-13-20-11-22(14-31)28(23(12-20)15-31)38-26-7-5-25(6-8-26)34-9-10-40/h1-4,18,20,22-23,25-26,28,34,38,40H,5-15,17,19H2,(H2,35,36,37,39)/t20?,22-,23?,25?,26?,28?,31?/m1/s1. The fraction of sp³-hybridized carbons (Fsp3) is 0.645. The van der Waals surface area contributed by atoms with Gasteiger partial charge in [-0.15, -0.1) is 0 Å². The monoisotopic (exact) mass is 563 g/mol. The van der Waals surface area contributed by atoms with Crippen LogP contribution < -0.4 is 21.3 Å². The van der Waals surface area contributed by atoms with Crippen molar-refractivity contribution in [2.45, 2.75) is 82.5 Å². The lowest BCUT2D eigenvalue weighted by Crippen LogP contribution is -2.61. The minimum atomic E-state index is 0.220. The zero-order chi connectivity index (χ0) is 27.5. The molecule has 9 heteroatoms. The van der Waals surface area contributed by atoms with Crippen molar-refractivity contribution in [1.82, 2.24) is 20.6 Å². The maximum absolute atomic E-state index is 9.73. The SMILES string of the molecule is N#Cc1cnc(NCc2ccccc2Cl)nc1NCC12CC3CC(C1)C(NC1CCC(NCCO)CC1)[C@H](C3)C2. The highest BCUT2D eigenvalue weighted by molar-refractivity contribution is 6.31. The maximum atomic E-state index is 9.73. The summed E-state index contributed by atoms with van der Waals surface area (Å²) >= 11 is 6.31. The zero-order valence-corrected chi connectivity index (χ0v) is 24.0. The lowest BCUT2D eigenvalue weighted by molar-refractivity contribution is -0.0730. The Labute approximate surface area is 242 Å². The van der Waals surface area contributed by atoms with E-state index in [1.807, 2.05) is 24.3 Å². The van der Waals surface area contributed by atoms with Crippen LogP contribution in [0.1, 0.15) is 68.9 Å². The second kappa shape index (κ2) is 12.2. The number of nitrogens with zero attached hydrogens (tertiary/aromatic N) is 3. The van der Waals surface area contributed by atoms with Gasteiger partial charge in [0.1, 0.15) is 17.5 Å². The molecule has 1 heterocycles. The predicted molar refractivity (Wildman–Crippen MR) is 158 cm³/mol. The van der Waals surface area contributed by atoms with Crippen LogP contribution >= 0.6 is 11.6 Å². The molecular weight excluding hydrogens is 522 g/mol. The van der Waals surface area contributed by atoms with Crippen molar-refractivity contribution in [1.29, 1.82) is 5.26 Å². The predicted octanol–water partition coefficient (Wildman–Crippen LogP) is 4.70. The topological polar surface area (TPSA) is 118 Å². The number of hydrogen-bond donors (Lipinski definition) is 5. The minimum Gasteiger partial charge on any atom is -0.395 e. The first-order valence-electron chi connectivity index (χ1n) is 15.1. The summed E-state index contributed by atoms with van der Waals surface area (Å²) in [6.45, 7) is 2.31. The van der Waals surface area contributed by atoms with E-state index in [9.17, 15) is 5.26 Å². The Morgan fingerprint density at radius 3 is 2.50 bits per heavy atom. The molecule has 0 aliphatic heterocycles. The van der Waals surface area contributed by atoms with Crippen LogP contribution in [0.5, 0.6) is 0 Å². The quantitative estimate of drug-likeness (QED) is 0.267. The molecule has 5 saturated carbocycles. The van der Waals surface area contributed by atoms with Crippen molar-refractivity contribution in [2.75, 3.05) is 30.3 Å². The molecule has 5 fully saturated rings. The van der Waals surface area contributed by atoms with E-state index >= 15 is 0 Å². The Hall–Kier alpha value is -2.44. The zero-order valence-electron chi connectivity index (χ0n) is 23.2. The number of aromatic nitrogens is 2. The van der Waals surface area contributed by atoms with Gasteiger partial charge in [-0.25, -0.2) is 4.98 Å². The van der Waals surface area contributed by atoms with E-state index in [2.05, 4.69) is 32.3 Å². The van der Waals surface area contributed by atoms with Crippen molar-refractivity contribution in [2.24, 2.45) is 23.2 Å². The van der Waals surface area contributed by atoms with Gasteiger partial charge in [-0.3, -0.25) is 0 Å². The van der Waals surface area contributed by atoms with E-state index in [1.165, 1.54) is 57.8 Å². The smallest absolute Gasteiger partial charge is 0.224 e. The molecule has 1 aromatic carbocycles. The van der Waals surface area contributed by atoms with Crippen molar-refractivity contribution < 1.29 is 5.11 Å². The third-order valence-electron chi connectivity index (χ3n) is 10.0. The molecular formula is C31H42ClN7O. The van der Waals surface area contributed by atoms with E-state index in [-0.39, 0.29) is 12.0 Å². The van der Waals surface area contributed by atoms with Gasteiger partial charge in [-0.2, -0.15) is 10.2 Å². The van der Waals surface area contributed by atoms with Gasteiger partial charge in [-0.1, -0.05) is 29.8 Å². The van der Waals surface area contributed by atoms with Gasteiger partial charge in [0.05, 0.1) is 12.8 Å². The van der Waals surface area contributed by atoms with E-state index in [0.29, 0.717) is 53.6 Å². The second-order valence-corrected chi connectivity index (χ2v) is 13.2. The first-order valence-corrected chi connectivity index (χ1v) is 15.5. The molecule has 0 radical (unpaired) electrons. The number of nitrogens with one attached hydrogen (secondary N) is 4. The van der Waals surface area contributed by atoms with Crippen molar-refractivity contribution in [3.63, 3.8) is 0 Å². The number of nitriles is 1. The number of benzene rings is 1. The Morgan fingerprint density at radius 1 is 1.02 bits per heavy atom. The molecule has 0 saturated heterocycles. The van der Waals surface area contributed by atoms with E-state index in [1.54, 1.807) is 6.20 Å². The molecule has 0 spiro atoms. The first kappa shape index (κ1) is 27.7. The molecule has 0 amide bonds. The van der Waals surface area contributed by atoms with Crippen LogP contribution in [-0.2, 0) is 6.54 Å². The second-order valence-electron chi connectivity index (χ2n) is 12.8. The van der Waals surface area contributed by atoms with Gasteiger partial charge < -0.3 is 26.4 Å². The Bertz CT molecular complexity index is 1190. The molecule has 1 aromatic heterocycles. The normalized spacial score (nSPS) is 32.5. The van der Waals surface area contributed by atoms with Crippen LogP contribution in [0, 0.1) is 34.5 Å². The van der Waals surface area contributed by atoms with Crippen LogP contribution in [-0.4, -0.2) is 52.9 Å². The van der Waals surface area contributed by atoms with E-state index in [4.69, 9.17) is 21.7 Å². The average Bonchev–Trinajstić information content (AvgIpc) is 2.97. The van der Waals surface area contributed by atoms with Gasteiger partial charge in [-0.05, 0) is 92.6 Å². The number of aliphatic hydroxyl groups is 1. The van der Waals surface area contributed by atoms with E-state index < -0.39 is 0 Å². The van der Waals surface area contributed by atoms with Gasteiger partial charge >= 0.3 is 0 Å². The summed E-state index contributed by atoms with van der Waals surface area (Å²) in [6, 6.07) is 11.8. The lowest BCUT2D eigenvalue weighted by Gasteiger charge is -2.61. The molecule has 5 aliphatic carbocycles. The Balaban J connectivity index is 1.06. The van der Waals surface area contributed by atoms with Crippen LogP contribution in [0.25, 0.3) is 0 Å². The summed E-state index contributed by atoms with van der Waals surface area (Å²) in [6.07, 6.45) is 13.0. The highest BCUT2D eigenvalue weighted by Gasteiger charge is 2.55. The maximum Gasteiger partial charge on any atom is 0.224 e. The molecule has 214 valence electrons. The summed E-state index contributed by atoms with van der Waals surface area (Å²) in [5.41, 5.74) is 1.75. The van der Waals surface area contributed by atoms with Gasteiger partial charge in [0.15, 0.2) is 0 Å². The Kier molecular flexibility index (Phi) is 8.45. The van der Waals surface area contributed by atoms with Crippen LogP contribution in [0.15, 0.2) is 30.5 Å². The molecule has 40 heavy (non-hydrogen) atoms. The summed E-state index contributed by atoms with van der Waals surface area (Å²) in [4.78, 5) is 9.06. The summed E-state index contributed by atoms with van der Waals surface area (Å²) in [5.74, 6) is 3.43. The van der Waals surface area contributed by atoms with Crippen molar-refractivity contribution >= 4 is 23.4 Å².